The highest BCUT2D eigenvalue weighted by Gasteiger charge is 1.92. The van der Waals surface area contributed by atoms with Crippen LogP contribution in [0.25, 0.3) is 0 Å². The van der Waals surface area contributed by atoms with Crippen molar-refractivity contribution >= 4 is 17.3 Å². The van der Waals surface area contributed by atoms with Crippen LogP contribution in [0.5, 0.6) is 0 Å². The Morgan fingerprint density at radius 2 is 2.22 bits per heavy atom. The van der Waals surface area contributed by atoms with Crippen molar-refractivity contribution in [3.8, 4) is 0 Å². The Morgan fingerprint density at radius 1 is 1.56 bits per heavy atom. The average Bonchev–Trinajstić information content (AvgIpc) is 1.64. The van der Waals surface area contributed by atoms with Gasteiger partial charge in [-0.2, -0.15) is 0 Å². The zero-order valence-corrected chi connectivity index (χ0v) is 6.91. The van der Waals surface area contributed by atoms with Gasteiger partial charge in [-0.05, 0) is 11.6 Å². The lowest BCUT2D eigenvalue weighted by Gasteiger charge is -1.83. The predicted octanol–water partition coefficient (Wildman–Crippen LogP) is -2.26. The van der Waals surface area contributed by atoms with E-state index in [1.807, 2.05) is 0 Å². The summed E-state index contributed by atoms with van der Waals surface area (Å²) in [7, 11) is 0. The van der Waals surface area contributed by atoms with Crippen molar-refractivity contribution < 1.29 is 22.0 Å². The number of rotatable bonds is 0. The second kappa shape index (κ2) is 3.69. The summed E-state index contributed by atoms with van der Waals surface area (Å²) in [6.07, 6.45) is 1.69. The smallest absolute Gasteiger partial charge is 0.275 e. The normalized spacial score (nSPS) is 8.11. The lowest BCUT2D eigenvalue weighted by molar-refractivity contribution is -0.375. The van der Waals surface area contributed by atoms with E-state index in [0.717, 1.165) is 0 Å². The number of nitrogen functional groups attached to an aromatic ring is 1. The largest absolute Gasteiger partial charge is 1.00 e. The number of pyridine rings is 1. The Hall–Kier alpha value is -0.280. The van der Waals surface area contributed by atoms with E-state index in [0.29, 0.717) is 10.8 Å². The zero-order valence-electron chi connectivity index (χ0n) is 4.57. The number of hydrogen-bond acceptors (Lipinski definition) is 1. The van der Waals surface area contributed by atoms with Gasteiger partial charge in [-0.15, -0.1) is 0 Å². The van der Waals surface area contributed by atoms with Gasteiger partial charge in [-0.3, -0.25) is 0 Å². The van der Waals surface area contributed by atoms with E-state index in [1.54, 1.807) is 18.3 Å². The van der Waals surface area contributed by atoms with E-state index in [2.05, 4.69) is 4.98 Å². The van der Waals surface area contributed by atoms with Crippen molar-refractivity contribution in [1.82, 2.24) is 0 Å². The summed E-state index contributed by atoms with van der Waals surface area (Å²) >= 11 is 5.51. The molecule has 0 saturated carbocycles. The summed E-state index contributed by atoms with van der Waals surface area (Å²) < 4.78 is 0. The molecule has 0 aliphatic rings. The van der Waals surface area contributed by atoms with Gasteiger partial charge in [0.05, 0.1) is 0 Å². The van der Waals surface area contributed by atoms with E-state index >= 15 is 0 Å². The van der Waals surface area contributed by atoms with Gasteiger partial charge in [0.1, 0.15) is 0 Å². The maximum Gasteiger partial charge on any atom is 0.275 e. The van der Waals surface area contributed by atoms with Crippen molar-refractivity contribution in [2.75, 3.05) is 5.73 Å². The van der Waals surface area contributed by atoms with Gasteiger partial charge in [0, 0.05) is 17.8 Å². The summed E-state index contributed by atoms with van der Waals surface area (Å²) in [6, 6.07) is 3.40. The summed E-state index contributed by atoms with van der Waals surface area (Å²) in [6.45, 7) is 0. The Kier molecular flexibility index (Phi) is 3.58. The number of aromatic amines is 1. The van der Waals surface area contributed by atoms with Gasteiger partial charge in [0.2, 0.25) is 0 Å². The van der Waals surface area contributed by atoms with Crippen LogP contribution in [0, 0.1) is 0 Å². The standard InChI is InChI=1S/C5H5ClN2.BrH/c6-5-3-4(7)1-2-8-5;/h1-3H,(H2,7,8);1H. The molecule has 0 atom stereocenters. The lowest BCUT2D eigenvalue weighted by Crippen LogP contribution is -3.00. The fourth-order valence-electron chi connectivity index (χ4n) is 0.454. The molecule has 0 saturated heterocycles. The fraction of sp³-hybridized carbons (Fsp3) is 0. The molecule has 1 aromatic heterocycles. The number of nitrogens with one attached hydrogen (secondary N) is 1. The Balaban J connectivity index is 0.000000640. The quantitative estimate of drug-likeness (QED) is 0.482. The number of anilines is 1. The molecule has 0 amide bonds. The third kappa shape index (κ3) is 2.67. The minimum Gasteiger partial charge on any atom is -1.00 e. The van der Waals surface area contributed by atoms with Crippen molar-refractivity contribution in [2.24, 2.45) is 0 Å². The fourth-order valence-corrected chi connectivity index (χ4v) is 0.643. The van der Waals surface area contributed by atoms with Crippen molar-refractivity contribution in [3.05, 3.63) is 23.5 Å². The number of hydrogen-bond donors (Lipinski definition) is 1. The molecule has 1 aromatic rings. The third-order valence-corrected chi connectivity index (χ3v) is 1.01. The molecular weight excluding hydrogens is 203 g/mol. The molecule has 2 nitrogen and oxygen atoms in total. The number of aromatic nitrogens is 1. The van der Waals surface area contributed by atoms with Crippen LogP contribution in [0.1, 0.15) is 0 Å². The van der Waals surface area contributed by atoms with Crippen LogP contribution in [0.15, 0.2) is 18.3 Å². The maximum absolute atomic E-state index is 5.51. The highest BCUT2D eigenvalue weighted by molar-refractivity contribution is 6.28. The van der Waals surface area contributed by atoms with Crippen LogP contribution >= 0.6 is 11.6 Å². The molecule has 50 valence electrons. The molecule has 0 radical (unpaired) electrons. The van der Waals surface area contributed by atoms with Gasteiger partial charge < -0.3 is 22.7 Å². The second-order valence-corrected chi connectivity index (χ2v) is 1.88. The van der Waals surface area contributed by atoms with Crippen molar-refractivity contribution in [3.63, 3.8) is 0 Å². The van der Waals surface area contributed by atoms with Crippen LogP contribution in [-0.4, -0.2) is 0 Å². The van der Waals surface area contributed by atoms with Crippen molar-refractivity contribution in [1.29, 1.82) is 0 Å². The molecule has 9 heavy (non-hydrogen) atoms. The molecule has 3 N–H and O–H groups in total. The topological polar surface area (TPSA) is 40.2 Å². The van der Waals surface area contributed by atoms with Gasteiger partial charge in [0.15, 0.2) is 6.20 Å². The van der Waals surface area contributed by atoms with Crippen LogP contribution in [0.4, 0.5) is 5.69 Å². The van der Waals surface area contributed by atoms with Crippen LogP contribution in [0.3, 0.4) is 0 Å². The first-order chi connectivity index (χ1) is 3.79. The summed E-state index contributed by atoms with van der Waals surface area (Å²) in [4.78, 5) is 2.76. The first kappa shape index (κ1) is 8.72. The lowest BCUT2D eigenvalue weighted by atomic mass is 10.4. The zero-order chi connectivity index (χ0) is 5.98. The highest BCUT2D eigenvalue weighted by Crippen LogP contribution is 2.02. The molecule has 1 heterocycles. The molecule has 0 unspecified atom stereocenters. The minimum absolute atomic E-state index is 0. The Morgan fingerprint density at radius 3 is 2.56 bits per heavy atom. The predicted molar refractivity (Wildman–Crippen MR) is 32.4 cm³/mol. The maximum atomic E-state index is 5.51. The van der Waals surface area contributed by atoms with Crippen molar-refractivity contribution in [2.45, 2.75) is 0 Å². The van der Waals surface area contributed by atoms with Crippen LogP contribution in [-0.2, 0) is 0 Å². The van der Waals surface area contributed by atoms with Gasteiger partial charge in [0.25, 0.3) is 5.15 Å². The second-order valence-electron chi connectivity index (χ2n) is 1.47. The molecule has 0 fully saturated rings. The summed E-state index contributed by atoms with van der Waals surface area (Å²) in [5, 5.41) is 0.560. The van der Waals surface area contributed by atoms with Crippen LogP contribution < -0.4 is 27.7 Å². The van der Waals surface area contributed by atoms with E-state index in [1.165, 1.54) is 0 Å². The SMILES string of the molecule is Nc1cc[nH+]c(Cl)c1.[Br-]. The minimum atomic E-state index is 0. The Labute approximate surface area is 68.8 Å². The number of halogens is 2. The van der Waals surface area contributed by atoms with E-state index < -0.39 is 0 Å². The van der Waals surface area contributed by atoms with E-state index in [9.17, 15) is 0 Å². The Bertz CT molecular complexity index is 175. The summed E-state index contributed by atoms with van der Waals surface area (Å²) in [5.41, 5.74) is 6.03. The monoisotopic (exact) mass is 208 g/mol. The molecule has 0 aromatic carbocycles. The molecule has 0 aliphatic heterocycles. The molecular formula is C5H6BrClN2. The average molecular weight is 209 g/mol. The van der Waals surface area contributed by atoms with Gasteiger partial charge >= 0.3 is 0 Å². The first-order valence-corrected chi connectivity index (χ1v) is 2.59. The third-order valence-electron chi connectivity index (χ3n) is 0.790. The van der Waals surface area contributed by atoms with Gasteiger partial charge in [-0.1, -0.05) is 0 Å². The molecule has 0 aliphatic carbocycles. The number of nitrogens with two attached hydrogens (primary N) is 1. The van der Waals surface area contributed by atoms with E-state index in [4.69, 9.17) is 17.3 Å². The molecule has 0 spiro atoms. The number of H-pyrrole nitrogens is 1. The van der Waals surface area contributed by atoms with Crippen LogP contribution in [0.2, 0.25) is 5.15 Å². The van der Waals surface area contributed by atoms with E-state index in [-0.39, 0.29) is 17.0 Å². The highest BCUT2D eigenvalue weighted by atomic mass is 79.9. The summed E-state index contributed by atoms with van der Waals surface area (Å²) in [5.74, 6) is 0. The molecule has 4 heteroatoms. The van der Waals surface area contributed by atoms with Gasteiger partial charge in [-0.25, -0.2) is 4.98 Å². The first-order valence-electron chi connectivity index (χ1n) is 2.22. The molecule has 1 rings (SSSR count). The molecule has 0 bridgehead atoms.